The Balaban J connectivity index is 1.38. The Bertz CT molecular complexity index is 885. The molecule has 3 aromatic rings. The van der Waals surface area contributed by atoms with E-state index in [1.165, 1.54) is 0 Å². The van der Waals surface area contributed by atoms with Gasteiger partial charge in [0.2, 0.25) is 0 Å². The fraction of sp³-hybridized carbons (Fsp3) is 0.278. The van der Waals surface area contributed by atoms with Gasteiger partial charge in [-0.1, -0.05) is 12.1 Å². The lowest BCUT2D eigenvalue weighted by Crippen LogP contribution is -2.46. The van der Waals surface area contributed by atoms with Crippen molar-refractivity contribution in [2.24, 2.45) is 0 Å². The van der Waals surface area contributed by atoms with Crippen LogP contribution in [0.25, 0.3) is 10.8 Å². The zero-order valence-electron chi connectivity index (χ0n) is 14.1. The lowest BCUT2D eigenvalue weighted by molar-refractivity contribution is -0.384. The molecule has 1 aliphatic heterocycles. The predicted octanol–water partition coefficient (Wildman–Crippen LogP) is 3.63. The standard InChI is InChI=1S/C18H18N4O3S/c23-22(24)16-5-2-1-4-15(16)21-9-7-20(8-10-21)12-14-13-26-18(19-14)17-6-3-11-25-17/h1-6,11,13H,7-10,12H2. The van der Waals surface area contributed by atoms with Crippen molar-refractivity contribution in [1.82, 2.24) is 9.88 Å². The van der Waals surface area contributed by atoms with Crippen LogP contribution in [0.1, 0.15) is 5.69 Å². The summed E-state index contributed by atoms with van der Waals surface area (Å²) in [5.41, 5.74) is 1.90. The number of thiazole rings is 1. The summed E-state index contributed by atoms with van der Waals surface area (Å²) < 4.78 is 5.39. The lowest BCUT2D eigenvalue weighted by Gasteiger charge is -2.35. The maximum absolute atomic E-state index is 11.2. The number of nitro groups is 1. The van der Waals surface area contributed by atoms with E-state index in [0.29, 0.717) is 5.69 Å². The maximum Gasteiger partial charge on any atom is 0.292 e. The molecular formula is C18H18N4O3S. The molecule has 2 aromatic heterocycles. The Kier molecular flexibility index (Phi) is 4.68. The van der Waals surface area contributed by atoms with Gasteiger partial charge in [0.25, 0.3) is 5.69 Å². The van der Waals surface area contributed by atoms with E-state index < -0.39 is 0 Å². The van der Waals surface area contributed by atoms with Crippen molar-refractivity contribution in [2.75, 3.05) is 31.1 Å². The normalized spacial score (nSPS) is 15.3. The Morgan fingerprint density at radius 1 is 1.15 bits per heavy atom. The van der Waals surface area contributed by atoms with Crippen LogP contribution in [-0.4, -0.2) is 41.0 Å². The molecule has 0 aliphatic carbocycles. The molecule has 0 amide bonds. The molecule has 0 saturated carbocycles. The average molecular weight is 370 g/mol. The highest BCUT2D eigenvalue weighted by molar-refractivity contribution is 7.13. The van der Waals surface area contributed by atoms with Gasteiger partial charge >= 0.3 is 0 Å². The van der Waals surface area contributed by atoms with Crippen LogP contribution in [0, 0.1) is 10.1 Å². The number of benzene rings is 1. The third-order valence-electron chi connectivity index (χ3n) is 4.46. The van der Waals surface area contributed by atoms with E-state index in [4.69, 9.17) is 4.42 Å². The number of hydrogen-bond donors (Lipinski definition) is 0. The first-order valence-electron chi connectivity index (χ1n) is 8.40. The predicted molar refractivity (Wildman–Crippen MR) is 100 cm³/mol. The molecule has 134 valence electrons. The second-order valence-corrected chi connectivity index (χ2v) is 6.99. The zero-order chi connectivity index (χ0) is 17.9. The SMILES string of the molecule is O=[N+]([O-])c1ccccc1N1CCN(Cc2csc(-c3ccco3)n2)CC1. The van der Waals surface area contributed by atoms with Crippen LogP contribution in [-0.2, 0) is 6.54 Å². The summed E-state index contributed by atoms with van der Waals surface area (Å²) in [6.07, 6.45) is 1.65. The van der Waals surface area contributed by atoms with Crippen LogP contribution < -0.4 is 4.90 Å². The third kappa shape index (κ3) is 3.47. The number of nitro benzene ring substituents is 1. The van der Waals surface area contributed by atoms with Crippen molar-refractivity contribution < 1.29 is 9.34 Å². The van der Waals surface area contributed by atoms with Gasteiger partial charge in [-0.05, 0) is 18.2 Å². The monoisotopic (exact) mass is 370 g/mol. The second kappa shape index (κ2) is 7.27. The van der Waals surface area contributed by atoms with Gasteiger partial charge in [0.05, 0.1) is 16.9 Å². The largest absolute Gasteiger partial charge is 0.462 e. The number of para-hydroxylation sites is 2. The topological polar surface area (TPSA) is 75.7 Å². The number of furan rings is 1. The molecule has 1 aliphatic rings. The Hall–Kier alpha value is -2.71. The molecule has 0 spiro atoms. The van der Waals surface area contributed by atoms with Crippen LogP contribution in [0.15, 0.2) is 52.5 Å². The first-order chi connectivity index (χ1) is 12.7. The van der Waals surface area contributed by atoms with Crippen LogP contribution in [0.4, 0.5) is 11.4 Å². The fourth-order valence-corrected chi connectivity index (χ4v) is 3.93. The number of nitrogens with zero attached hydrogens (tertiary/aromatic N) is 4. The first kappa shape index (κ1) is 16.7. The Morgan fingerprint density at radius 3 is 2.69 bits per heavy atom. The molecule has 1 aromatic carbocycles. The smallest absolute Gasteiger partial charge is 0.292 e. The molecule has 4 rings (SSSR count). The summed E-state index contributed by atoms with van der Waals surface area (Å²) >= 11 is 1.58. The lowest BCUT2D eigenvalue weighted by atomic mass is 10.2. The molecule has 0 N–H and O–H groups in total. The minimum absolute atomic E-state index is 0.170. The Labute approximate surface area is 154 Å². The summed E-state index contributed by atoms with van der Waals surface area (Å²) in [5, 5.41) is 14.2. The van der Waals surface area contributed by atoms with Crippen molar-refractivity contribution in [2.45, 2.75) is 6.54 Å². The van der Waals surface area contributed by atoms with Gasteiger partial charge < -0.3 is 9.32 Å². The van der Waals surface area contributed by atoms with Gasteiger partial charge in [-0.15, -0.1) is 11.3 Å². The van der Waals surface area contributed by atoms with E-state index in [1.807, 2.05) is 24.3 Å². The Morgan fingerprint density at radius 2 is 1.96 bits per heavy atom. The molecule has 26 heavy (non-hydrogen) atoms. The molecule has 1 fully saturated rings. The van der Waals surface area contributed by atoms with Crippen molar-refractivity contribution in [3.05, 3.63) is 63.8 Å². The number of rotatable bonds is 5. The van der Waals surface area contributed by atoms with Gasteiger partial charge in [-0.3, -0.25) is 15.0 Å². The summed E-state index contributed by atoms with van der Waals surface area (Å²) in [6, 6.07) is 10.7. The van der Waals surface area contributed by atoms with E-state index >= 15 is 0 Å². The summed E-state index contributed by atoms with van der Waals surface area (Å²) in [7, 11) is 0. The summed E-state index contributed by atoms with van der Waals surface area (Å²) in [5.74, 6) is 0.794. The quantitative estimate of drug-likeness (QED) is 0.504. The van der Waals surface area contributed by atoms with Crippen molar-refractivity contribution in [3.63, 3.8) is 0 Å². The number of piperazine rings is 1. The molecular weight excluding hydrogens is 352 g/mol. The van der Waals surface area contributed by atoms with Crippen LogP contribution in [0.5, 0.6) is 0 Å². The molecule has 0 unspecified atom stereocenters. The molecule has 7 nitrogen and oxygen atoms in total. The summed E-state index contributed by atoms with van der Waals surface area (Å²) in [6.45, 7) is 4.00. The van der Waals surface area contributed by atoms with E-state index in [-0.39, 0.29) is 10.6 Å². The van der Waals surface area contributed by atoms with Gasteiger partial charge in [0.15, 0.2) is 10.8 Å². The molecule has 1 saturated heterocycles. The molecule has 0 bridgehead atoms. The minimum Gasteiger partial charge on any atom is -0.462 e. The van der Waals surface area contributed by atoms with Gasteiger partial charge in [0.1, 0.15) is 5.69 Å². The first-order valence-corrected chi connectivity index (χ1v) is 9.27. The van der Waals surface area contributed by atoms with E-state index in [9.17, 15) is 10.1 Å². The van der Waals surface area contributed by atoms with Crippen LogP contribution in [0.3, 0.4) is 0 Å². The number of hydrogen-bond acceptors (Lipinski definition) is 7. The third-order valence-corrected chi connectivity index (χ3v) is 5.37. The maximum atomic E-state index is 11.2. The molecule has 8 heteroatoms. The molecule has 3 heterocycles. The van der Waals surface area contributed by atoms with Crippen LogP contribution in [0.2, 0.25) is 0 Å². The van der Waals surface area contributed by atoms with Gasteiger partial charge in [-0.25, -0.2) is 4.98 Å². The fourth-order valence-electron chi connectivity index (χ4n) is 3.15. The number of anilines is 1. The highest BCUT2D eigenvalue weighted by Gasteiger charge is 2.23. The minimum atomic E-state index is -0.312. The average Bonchev–Trinajstić information content (AvgIpc) is 3.34. The van der Waals surface area contributed by atoms with E-state index in [0.717, 1.165) is 49.2 Å². The highest BCUT2D eigenvalue weighted by Crippen LogP contribution is 2.29. The van der Waals surface area contributed by atoms with Crippen LogP contribution >= 0.6 is 11.3 Å². The van der Waals surface area contributed by atoms with E-state index in [2.05, 4.69) is 20.2 Å². The van der Waals surface area contributed by atoms with Crippen molar-refractivity contribution in [1.29, 1.82) is 0 Å². The molecule has 0 radical (unpaired) electrons. The van der Waals surface area contributed by atoms with Gasteiger partial charge in [0, 0.05) is 44.2 Å². The highest BCUT2D eigenvalue weighted by atomic mass is 32.1. The van der Waals surface area contributed by atoms with Crippen molar-refractivity contribution >= 4 is 22.7 Å². The summed E-state index contributed by atoms with van der Waals surface area (Å²) in [4.78, 5) is 20.0. The number of aromatic nitrogens is 1. The molecule has 0 atom stereocenters. The zero-order valence-corrected chi connectivity index (χ0v) is 14.9. The second-order valence-electron chi connectivity index (χ2n) is 6.13. The van der Waals surface area contributed by atoms with Crippen molar-refractivity contribution in [3.8, 4) is 10.8 Å². The van der Waals surface area contributed by atoms with Gasteiger partial charge in [-0.2, -0.15) is 0 Å². The van der Waals surface area contributed by atoms with E-state index in [1.54, 1.807) is 29.7 Å².